The first-order valence-electron chi connectivity index (χ1n) is 12.3. The van der Waals surface area contributed by atoms with Crippen LogP contribution in [0.5, 0.6) is 11.5 Å². The summed E-state index contributed by atoms with van der Waals surface area (Å²) in [6, 6.07) is 14.4. The summed E-state index contributed by atoms with van der Waals surface area (Å²) >= 11 is 0. The number of rotatable bonds is 7. The van der Waals surface area contributed by atoms with Gasteiger partial charge in [-0.25, -0.2) is 0 Å². The summed E-state index contributed by atoms with van der Waals surface area (Å²) < 4.78 is 19.5. The van der Waals surface area contributed by atoms with Crippen molar-refractivity contribution in [1.29, 1.82) is 0 Å². The third kappa shape index (κ3) is 5.23. The van der Waals surface area contributed by atoms with Gasteiger partial charge in [0.25, 0.3) is 0 Å². The lowest BCUT2D eigenvalue weighted by Gasteiger charge is -2.48. The van der Waals surface area contributed by atoms with Crippen LogP contribution in [-0.2, 0) is 11.2 Å². The molecule has 2 saturated heterocycles. The molecule has 0 bridgehead atoms. The zero-order valence-corrected chi connectivity index (χ0v) is 20.7. The smallest absolute Gasteiger partial charge is 0.171 e. The van der Waals surface area contributed by atoms with Gasteiger partial charge in [0.1, 0.15) is 30.0 Å². The second-order valence-electron chi connectivity index (χ2n) is 11.0. The molecule has 0 spiro atoms. The molecule has 0 atom stereocenters. The third-order valence-corrected chi connectivity index (χ3v) is 8.55. The number of hydrogen-bond acceptors (Lipinski definition) is 4. The van der Waals surface area contributed by atoms with Crippen LogP contribution in [0, 0.1) is 0 Å². The molecule has 2 heterocycles. The minimum Gasteiger partial charge on any atom is -0.497 e. The third-order valence-electron chi connectivity index (χ3n) is 8.55. The van der Waals surface area contributed by atoms with Crippen molar-refractivity contribution >= 4 is 0 Å². The minimum absolute atomic E-state index is 0.154. The van der Waals surface area contributed by atoms with E-state index in [0.717, 1.165) is 78.0 Å². The van der Waals surface area contributed by atoms with E-state index in [1.165, 1.54) is 0 Å². The van der Waals surface area contributed by atoms with Crippen LogP contribution in [0.15, 0.2) is 48.5 Å². The van der Waals surface area contributed by atoms with Crippen LogP contribution in [0.1, 0.15) is 36.8 Å². The number of benzene rings is 2. The second kappa shape index (κ2) is 9.46. The normalized spacial score (nSPS) is 33.9. The summed E-state index contributed by atoms with van der Waals surface area (Å²) in [5.74, 6) is 0.959. The van der Waals surface area contributed by atoms with Gasteiger partial charge in [-0.05, 0) is 35.4 Å². The fourth-order valence-corrected chi connectivity index (χ4v) is 5.52. The van der Waals surface area contributed by atoms with E-state index in [-0.39, 0.29) is 5.75 Å². The Balaban J connectivity index is 1.31. The van der Waals surface area contributed by atoms with Gasteiger partial charge in [0.15, 0.2) is 5.75 Å². The van der Waals surface area contributed by atoms with Gasteiger partial charge in [0, 0.05) is 30.2 Å². The molecule has 2 aromatic carbocycles. The summed E-state index contributed by atoms with van der Waals surface area (Å²) in [6.45, 7) is 5.77. The Morgan fingerprint density at radius 1 is 0.706 bits per heavy atom. The van der Waals surface area contributed by atoms with Crippen molar-refractivity contribution in [1.82, 2.24) is 0 Å². The first-order valence-corrected chi connectivity index (χ1v) is 12.3. The van der Waals surface area contributed by atoms with Crippen molar-refractivity contribution in [3.63, 3.8) is 0 Å². The quantitative estimate of drug-likeness (QED) is 0.603. The standard InChI is InChI=1S/C27H39FN2O4/c1-29(16-12-26(31,13-17-29)22-4-8-24(33-3)9-5-22)20-21-30(2)18-14-27(32,15-19-30)23-6-10-25(34-28)11-7-23/h4-11,31-32H,12-21H2,1-3H3/q+2. The summed E-state index contributed by atoms with van der Waals surface area (Å²) in [4.78, 5) is 3.76. The van der Waals surface area contributed by atoms with Crippen molar-refractivity contribution in [3.05, 3.63) is 59.7 Å². The fourth-order valence-electron chi connectivity index (χ4n) is 5.52. The molecule has 186 valence electrons. The molecule has 2 N–H and O–H groups in total. The highest BCUT2D eigenvalue weighted by Gasteiger charge is 2.44. The second-order valence-corrected chi connectivity index (χ2v) is 11.0. The molecule has 0 amide bonds. The number of ether oxygens (including phenoxy) is 1. The lowest BCUT2D eigenvalue weighted by molar-refractivity contribution is -0.970. The molecule has 0 radical (unpaired) electrons. The molecule has 7 heteroatoms. The number of likely N-dealkylation sites (N-methyl/N-ethyl adjacent to an activating group) is 2. The monoisotopic (exact) mass is 474 g/mol. The molecule has 2 aliphatic heterocycles. The number of quaternary nitrogens is 2. The van der Waals surface area contributed by atoms with Crippen molar-refractivity contribution in [2.45, 2.75) is 36.9 Å². The van der Waals surface area contributed by atoms with Crippen LogP contribution in [0.4, 0.5) is 4.53 Å². The molecule has 2 aromatic rings. The number of nitrogens with zero attached hydrogens (tertiary/aromatic N) is 2. The first-order chi connectivity index (χ1) is 16.1. The highest BCUT2D eigenvalue weighted by atomic mass is 19.3. The molecule has 6 nitrogen and oxygen atoms in total. The van der Waals surface area contributed by atoms with E-state index < -0.39 is 11.2 Å². The van der Waals surface area contributed by atoms with E-state index in [2.05, 4.69) is 19.0 Å². The molecule has 0 aliphatic carbocycles. The maximum atomic E-state index is 12.3. The molecule has 34 heavy (non-hydrogen) atoms. The largest absolute Gasteiger partial charge is 0.497 e. The maximum Gasteiger partial charge on any atom is 0.171 e. The molecule has 4 rings (SSSR count). The molecule has 0 unspecified atom stereocenters. The number of piperidine rings is 2. The predicted octanol–water partition coefficient (Wildman–Crippen LogP) is 3.51. The average molecular weight is 475 g/mol. The van der Waals surface area contributed by atoms with E-state index in [4.69, 9.17) is 4.74 Å². The van der Waals surface area contributed by atoms with E-state index in [1.54, 1.807) is 31.4 Å². The van der Waals surface area contributed by atoms with Gasteiger partial charge in [-0.3, -0.25) is 4.94 Å². The summed E-state index contributed by atoms with van der Waals surface area (Å²) in [6.07, 6.45) is 2.86. The van der Waals surface area contributed by atoms with Crippen LogP contribution in [0.2, 0.25) is 0 Å². The fraction of sp³-hybridized carbons (Fsp3) is 0.556. The van der Waals surface area contributed by atoms with Crippen molar-refractivity contribution in [2.75, 3.05) is 60.5 Å². The summed E-state index contributed by atoms with van der Waals surface area (Å²) in [5, 5.41) is 22.5. The SMILES string of the molecule is COc1ccc(C2(O)CC[N+](C)(CC[N+]3(C)CCC(O)(c4ccc(OF)cc4)CC3)CC2)cc1. The van der Waals surface area contributed by atoms with E-state index in [9.17, 15) is 14.7 Å². The number of halogens is 1. The topological polar surface area (TPSA) is 58.9 Å². The van der Waals surface area contributed by atoms with Crippen molar-refractivity contribution in [2.24, 2.45) is 0 Å². The van der Waals surface area contributed by atoms with Gasteiger partial charge in [0.05, 0.1) is 47.4 Å². The lowest BCUT2D eigenvalue weighted by Crippen LogP contribution is -2.61. The average Bonchev–Trinajstić information content (AvgIpc) is 2.87. The first kappa shape index (κ1) is 24.9. The molecule has 0 aromatic heterocycles. The lowest BCUT2D eigenvalue weighted by atomic mass is 9.83. The van der Waals surface area contributed by atoms with E-state index >= 15 is 0 Å². The van der Waals surface area contributed by atoms with Gasteiger partial charge < -0.3 is 23.9 Å². The zero-order chi connectivity index (χ0) is 24.5. The number of hydrogen-bond donors (Lipinski definition) is 2. The maximum absolute atomic E-state index is 12.3. The molecule has 2 fully saturated rings. The minimum atomic E-state index is -0.870. The van der Waals surface area contributed by atoms with Crippen LogP contribution < -0.4 is 9.68 Å². The van der Waals surface area contributed by atoms with Gasteiger partial charge in [0.2, 0.25) is 0 Å². The van der Waals surface area contributed by atoms with Gasteiger partial charge in [-0.2, -0.15) is 0 Å². The van der Waals surface area contributed by atoms with Gasteiger partial charge in [-0.1, -0.05) is 24.3 Å². The summed E-state index contributed by atoms with van der Waals surface area (Å²) in [7, 11) is 6.23. The summed E-state index contributed by atoms with van der Waals surface area (Å²) in [5.41, 5.74) is 0.158. The van der Waals surface area contributed by atoms with Crippen LogP contribution in [-0.4, -0.2) is 79.7 Å². The predicted molar refractivity (Wildman–Crippen MR) is 129 cm³/mol. The Labute approximate surface area is 202 Å². The molecular formula is C27H39FN2O4+2. The highest BCUT2D eigenvalue weighted by molar-refractivity contribution is 5.32. The molecule has 2 aliphatic rings. The van der Waals surface area contributed by atoms with Gasteiger partial charge >= 0.3 is 0 Å². The number of methoxy groups -OCH3 is 1. The molecule has 0 saturated carbocycles. The Morgan fingerprint density at radius 3 is 1.38 bits per heavy atom. The number of aliphatic hydroxyl groups is 2. The highest BCUT2D eigenvalue weighted by Crippen LogP contribution is 2.38. The molecular weight excluding hydrogens is 435 g/mol. The van der Waals surface area contributed by atoms with Gasteiger partial charge in [-0.15, -0.1) is 0 Å². The van der Waals surface area contributed by atoms with Crippen LogP contribution >= 0.6 is 0 Å². The Morgan fingerprint density at radius 2 is 1.06 bits per heavy atom. The zero-order valence-electron chi connectivity index (χ0n) is 20.7. The van der Waals surface area contributed by atoms with Crippen LogP contribution in [0.3, 0.4) is 0 Å². The van der Waals surface area contributed by atoms with Crippen molar-refractivity contribution in [3.8, 4) is 11.5 Å². The Hall–Kier alpha value is -2.19. The van der Waals surface area contributed by atoms with Crippen molar-refractivity contribution < 1.29 is 33.4 Å². The van der Waals surface area contributed by atoms with Crippen LogP contribution in [0.25, 0.3) is 0 Å². The Bertz CT molecular complexity index is 868. The van der Waals surface area contributed by atoms with E-state index in [0.29, 0.717) is 12.8 Å². The number of likely N-dealkylation sites (tertiary alicyclic amines) is 2. The van der Waals surface area contributed by atoms with E-state index in [1.807, 2.05) is 24.3 Å². The Kier molecular flexibility index (Phi) is 6.93.